The highest BCUT2D eigenvalue weighted by Gasteiger charge is 2.33. The van der Waals surface area contributed by atoms with E-state index in [9.17, 15) is 18.3 Å². The molecule has 1 atom stereocenters. The lowest BCUT2D eigenvalue weighted by Gasteiger charge is -2.31. The third-order valence-electron chi connectivity index (χ3n) is 3.02. The molecule has 0 amide bonds. The van der Waals surface area contributed by atoms with Gasteiger partial charge < -0.3 is 20.3 Å². The highest BCUT2D eigenvalue weighted by Crippen LogP contribution is 2.38. The van der Waals surface area contributed by atoms with Crippen molar-refractivity contribution in [3.63, 3.8) is 0 Å². The number of rotatable bonds is 5. The molecular weight excluding hydrogens is 275 g/mol. The molecule has 0 bridgehead atoms. The van der Waals surface area contributed by atoms with Gasteiger partial charge in [-0.1, -0.05) is 13.8 Å². The van der Waals surface area contributed by atoms with E-state index in [2.05, 4.69) is 4.74 Å². The molecule has 0 aliphatic heterocycles. The second-order valence-corrected chi connectivity index (χ2v) is 5.08. The van der Waals surface area contributed by atoms with Crippen LogP contribution in [0.1, 0.15) is 25.5 Å². The smallest absolute Gasteiger partial charge is 0.496 e. The molecule has 0 saturated heterocycles. The van der Waals surface area contributed by atoms with Gasteiger partial charge in [0, 0.05) is 23.6 Å². The molecule has 0 saturated carbocycles. The number of aliphatic hydroxyl groups is 1. The monoisotopic (exact) mass is 293 g/mol. The SMILES string of the molecule is COc1ccc(OC(F)(F)F)cc1[C@H](N)C(C)(C)CO. The number of nitrogens with two attached hydrogens (primary N) is 1. The number of methoxy groups -OCH3 is 1. The van der Waals surface area contributed by atoms with Gasteiger partial charge in [0.25, 0.3) is 0 Å². The fourth-order valence-electron chi connectivity index (χ4n) is 1.67. The van der Waals surface area contributed by atoms with Gasteiger partial charge in [-0.15, -0.1) is 13.2 Å². The van der Waals surface area contributed by atoms with E-state index < -0.39 is 17.8 Å². The summed E-state index contributed by atoms with van der Waals surface area (Å²) in [5, 5.41) is 9.31. The molecule has 0 aliphatic carbocycles. The number of alkyl halides is 3. The average Bonchev–Trinajstić information content (AvgIpc) is 2.35. The molecule has 0 aliphatic rings. The number of aliphatic hydroxyl groups excluding tert-OH is 1. The molecule has 0 heterocycles. The summed E-state index contributed by atoms with van der Waals surface area (Å²) in [6.07, 6.45) is -4.78. The Morgan fingerprint density at radius 3 is 2.35 bits per heavy atom. The van der Waals surface area contributed by atoms with E-state index in [-0.39, 0.29) is 12.4 Å². The molecule has 114 valence electrons. The lowest BCUT2D eigenvalue weighted by atomic mass is 9.81. The predicted molar refractivity (Wildman–Crippen MR) is 67.5 cm³/mol. The van der Waals surface area contributed by atoms with E-state index in [1.54, 1.807) is 13.8 Å². The number of benzene rings is 1. The molecule has 0 spiro atoms. The first-order valence-electron chi connectivity index (χ1n) is 5.91. The van der Waals surface area contributed by atoms with Crippen LogP contribution in [0.3, 0.4) is 0 Å². The van der Waals surface area contributed by atoms with Crippen LogP contribution in [-0.2, 0) is 0 Å². The Balaban J connectivity index is 3.19. The predicted octanol–water partition coefficient (Wildman–Crippen LogP) is 2.61. The summed E-state index contributed by atoms with van der Waals surface area (Å²) >= 11 is 0. The van der Waals surface area contributed by atoms with Crippen LogP contribution in [-0.4, -0.2) is 25.2 Å². The molecule has 3 N–H and O–H groups in total. The summed E-state index contributed by atoms with van der Waals surface area (Å²) in [5.41, 5.74) is 5.64. The fourth-order valence-corrected chi connectivity index (χ4v) is 1.67. The van der Waals surface area contributed by atoms with Crippen molar-refractivity contribution in [3.8, 4) is 11.5 Å². The average molecular weight is 293 g/mol. The molecule has 1 rings (SSSR count). The number of hydrogen-bond donors (Lipinski definition) is 2. The molecule has 1 aromatic carbocycles. The van der Waals surface area contributed by atoms with Gasteiger partial charge in [0.15, 0.2) is 0 Å². The zero-order valence-corrected chi connectivity index (χ0v) is 11.5. The normalized spacial score (nSPS) is 14.0. The van der Waals surface area contributed by atoms with Crippen molar-refractivity contribution >= 4 is 0 Å². The lowest BCUT2D eigenvalue weighted by Crippen LogP contribution is -2.32. The van der Waals surface area contributed by atoms with Crippen molar-refractivity contribution in [3.05, 3.63) is 23.8 Å². The van der Waals surface area contributed by atoms with Gasteiger partial charge in [-0.3, -0.25) is 0 Å². The van der Waals surface area contributed by atoms with Crippen molar-refractivity contribution in [2.24, 2.45) is 11.1 Å². The maximum absolute atomic E-state index is 12.2. The van der Waals surface area contributed by atoms with Crippen LogP contribution in [0, 0.1) is 5.41 Å². The number of halogens is 3. The minimum absolute atomic E-state index is 0.221. The van der Waals surface area contributed by atoms with Gasteiger partial charge in [-0.25, -0.2) is 0 Å². The van der Waals surface area contributed by atoms with Gasteiger partial charge in [-0.2, -0.15) is 0 Å². The Hall–Kier alpha value is -1.47. The van der Waals surface area contributed by atoms with E-state index in [0.717, 1.165) is 6.07 Å². The minimum Gasteiger partial charge on any atom is -0.496 e. The van der Waals surface area contributed by atoms with Crippen molar-refractivity contribution < 1.29 is 27.8 Å². The second-order valence-electron chi connectivity index (χ2n) is 5.08. The Labute approximate surface area is 115 Å². The van der Waals surface area contributed by atoms with Crippen LogP contribution < -0.4 is 15.2 Å². The van der Waals surface area contributed by atoms with Gasteiger partial charge in [0.1, 0.15) is 11.5 Å². The van der Waals surface area contributed by atoms with Crippen LogP contribution in [0.5, 0.6) is 11.5 Å². The molecule has 0 unspecified atom stereocenters. The van der Waals surface area contributed by atoms with Gasteiger partial charge in [-0.05, 0) is 18.2 Å². The Morgan fingerprint density at radius 1 is 1.30 bits per heavy atom. The Kier molecular flexibility index (Phi) is 4.88. The fraction of sp³-hybridized carbons (Fsp3) is 0.538. The molecule has 1 aromatic rings. The van der Waals surface area contributed by atoms with Crippen LogP contribution in [0.4, 0.5) is 13.2 Å². The summed E-state index contributed by atoms with van der Waals surface area (Å²) in [4.78, 5) is 0. The van der Waals surface area contributed by atoms with E-state index in [1.165, 1.54) is 19.2 Å². The molecule has 0 radical (unpaired) electrons. The third-order valence-corrected chi connectivity index (χ3v) is 3.02. The number of hydrogen-bond acceptors (Lipinski definition) is 4. The molecule has 4 nitrogen and oxygen atoms in total. The summed E-state index contributed by atoms with van der Waals surface area (Å²) in [7, 11) is 1.39. The van der Waals surface area contributed by atoms with Crippen molar-refractivity contribution in [2.75, 3.05) is 13.7 Å². The van der Waals surface area contributed by atoms with Crippen molar-refractivity contribution in [1.82, 2.24) is 0 Å². The summed E-state index contributed by atoms with van der Waals surface area (Å²) in [6.45, 7) is 3.18. The largest absolute Gasteiger partial charge is 0.573 e. The highest BCUT2D eigenvalue weighted by atomic mass is 19.4. The third kappa shape index (κ3) is 4.01. The Bertz CT molecular complexity index is 461. The zero-order valence-electron chi connectivity index (χ0n) is 11.5. The topological polar surface area (TPSA) is 64.7 Å². The molecule has 20 heavy (non-hydrogen) atoms. The standard InChI is InChI=1S/C13H18F3NO3/c1-12(2,7-18)11(17)9-6-8(20-13(14,15)16)4-5-10(9)19-3/h4-6,11,18H,7,17H2,1-3H3/t11-/m0/s1. The van der Waals surface area contributed by atoms with Crippen molar-refractivity contribution in [1.29, 1.82) is 0 Å². The van der Waals surface area contributed by atoms with Gasteiger partial charge in [0.05, 0.1) is 7.11 Å². The second kappa shape index (κ2) is 5.88. The quantitative estimate of drug-likeness (QED) is 0.876. The van der Waals surface area contributed by atoms with Crippen molar-refractivity contribution in [2.45, 2.75) is 26.3 Å². The van der Waals surface area contributed by atoms with Crippen LogP contribution in [0.25, 0.3) is 0 Å². The zero-order chi connectivity index (χ0) is 15.6. The first-order chi connectivity index (χ1) is 9.10. The number of ether oxygens (including phenoxy) is 2. The maximum Gasteiger partial charge on any atom is 0.573 e. The van der Waals surface area contributed by atoms with E-state index in [1.807, 2.05) is 0 Å². The first-order valence-corrected chi connectivity index (χ1v) is 5.91. The van der Waals surface area contributed by atoms with E-state index in [4.69, 9.17) is 10.5 Å². The van der Waals surface area contributed by atoms with Crippen LogP contribution in [0.15, 0.2) is 18.2 Å². The highest BCUT2D eigenvalue weighted by molar-refractivity contribution is 5.43. The van der Waals surface area contributed by atoms with E-state index >= 15 is 0 Å². The molecular formula is C13H18F3NO3. The summed E-state index contributed by atoms with van der Waals surface area (Å²) in [5.74, 6) is -0.0361. The summed E-state index contributed by atoms with van der Waals surface area (Å²) in [6, 6.07) is 2.96. The minimum atomic E-state index is -4.78. The maximum atomic E-state index is 12.2. The van der Waals surface area contributed by atoms with Gasteiger partial charge >= 0.3 is 6.36 Å². The summed E-state index contributed by atoms with van der Waals surface area (Å²) < 4.78 is 45.7. The lowest BCUT2D eigenvalue weighted by molar-refractivity contribution is -0.274. The first kappa shape index (κ1) is 16.6. The molecule has 0 fully saturated rings. The molecule has 0 aromatic heterocycles. The van der Waals surface area contributed by atoms with Crippen LogP contribution in [0.2, 0.25) is 0 Å². The van der Waals surface area contributed by atoms with Gasteiger partial charge in [0.2, 0.25) is 0 Å². The van der Waals surface area contributed by atoms with E-state index in [0.29, 0.717) is 11.3 Å². The molecule has 7 heteroatoms. The Morgan fingerprint density at radius 2 is 1.90 bits per heavy atom. The van der Waals surface area contributed by atoms with Crippen LogP contribution >= 0.6 is 0 Å².